The van der Waals surface area contributed by atoms with Gasteiger partial charge in [-0.05, 0) is 44.8 Å². The van der Waals surface area contributed by atoms with E-state index in [4.69, 9.17) is 0 Å². The van der Waals surface area contributed by atoms with Crippen LogP contribution in [0.25, 0.3) is 16.6 Å². The number of hydrogen-bond acceptors (Lipinski definition) is 5. The van der Waals surface area contributed by atoms with E-state index in [0.29, 0.717) is 34.6 Å². The molecule has 0 bridgehead atoms. The number of imidazole rings is 1. The first-order valence-corrected chi connectivity index (χ1v) is 10.3. The lowest BCUT2D eigenvalue weighted by molar-refractivity contribution is -0.113. The minimum Gasteiger partial charge on any atom is -0.338 e. The third-order valence-corrected chi connectivity index (χ3v) is 5.29. The van der Waals surface area contributed by atoms with Crippen LogP contribution in [-0.2, 0) is 4.79 Å². The second-order valence-electron chi connectivity index (χ2n) is 8.05. The van der Waals surface area contributed by atoms with Gasteiger partial charge in [0.2, 0.25) is 0 Å². The van der Waals surface area contributed by atoms with Crippen LogP contribution in [0.4, 0.5) is 26.0 Å². The summed E-state index contributed by atoms with van der Waals surface area (Å²) in [6, 6.07) is 7.27. The van der Waals surface area contributed by atoms with E-state index in [0.717, 1.165) is 5.56 Å². The second kappa shape index (κ2) is 8.95. The molecule has 0 radical (unpaired) electrons. The highest BCUT2D eigenvalue weighted by Crippen LogP contribution is 2.30. The Bertz CT molecular complexity index is 1380. The highest BCUT2D eigenvalue weighted by Gasteiger charge is 2.18. The van der Waals surface area contributed by atoms with Crippen molar-refractivity contribution >= 4 is 39.6 Å². The van der Waals surface area contributed by atoms with Crippen molar-refractivity contribution in [3.05, 3.63) is 72.2 Å². The second-order valence-corrected chi connectivity index (χ2v) is 8.05. The van der Waals surface area contributed by atoms with Crippen LogP contribution in [0.3, 0.4) is 0 Å². The molecule has 0 atom stereocenters. The maximum absolute atomic E-state index is 15.0. The number of carbonyl (C=O) groups is 1. The molecule has 2 heterocycles. The number of anilines is 3. The molecule has 4 rings (SSSR count). The number of nitrogens with one attached hydrogen (secondary N) is 1. The van der Waals surface area contributed by atoms with Gasteiger partial charge in [0, 0.05) is 31.4 Å². The van der Waals surface area contributed by atoms with Crippen molar-refractivity contribution in [1.29, 1.82) is 0 Å². The first-order chi connectivity index (χ1) is 15.7. The minimum absolute atomic E-state index is 0.125. The molecule has 2 aromatic carbocycles. The fraction of sp³-hybridized carbons (Fsp3) is 0.208. The normalized spacial score (nSPS) is 11.7. The van der Waals surface area contributed by atoms with Crippen LogP contribution in [0.5, 0.6) is 0 Å². The molecule has 33 heavy (non-hydrogen) atoms. The van der Waals surface area contributed by atoms with Crippen LogP contribution < -0.4 is 10.2 Å². The number of carbonyl (C=O) groups excluding carboxylic acids is 1. The summed E-state index contributed by atoms with van der Waals surface area (Å²) in [5.74, 6) is -0.891. The molecule has 0 aliphatic heterocycles. The molecule has 1 N–H and O–H groups in total. The fourth-order valence-electron chi connectivity index (χ4n) is 3.46. The molecule has 7 nitrogen and oxygen atoms in total. The number of aryl methyl sites for hydroxylation is 1. The molecular weight excluding hydrogens is 426 g/mol. The van der Waals surface area contributed by atoms with E-state index < -0.39 is 5.82 Å². The maximum atomic E-state index is 15.0. The van der Waals surface area contributed by atoms with Crippen molar-refractivity contribution in [2.75, 3.05) is 37.9 Å². The summed E-state index contributed by atoms with van der Waals surface area (Å²) in [6.07, 6.45) is 6.34. The number of aromatic nitrogens is 3. The third kappa shape index (κ3) is 4.54. The molecule has 0 aliphatic rings. The van der Waals surface area contributed by atoms with Gasteiger partial charge in [0.25, 0.3) is 5.91 Å². The van der Waals surface area contributed by atoms with Crippen molar-refractivity contribution in [2.45, 2.75) is 6.92 Å². The van der Waals surface area contributed by atoms with Crippen molar-refractivity contribution in [1.82, 2.24) is 19.3 Å². The van der Waals surface area contributed by atoms with Crippen molar-refractivity contribution in [3.8, 4) is 0 Å². The van der Waals surface area contributed by atoms with E-state index in [9.17, 15) is 9.18 Å². The number of nitrogens with zero attached hydrogens (tertiary/aromatic N) is 5. The van der Waals surface area contributed by atoms with E-state index in [1.54, 1.807) is 35.1 Å². The molecule has 0 saturated carbocycles. The lowest BCUT2D eigenvalue weighted by Gasteiger charge is -2.18. The van der Waals surface area contributed by atoms with Gasteiger partial charge < -0.3 is 15.1 Å². The summed E-state index contributed by atoms with van der Waals surface area (Å²) in [6.45, 7) is 2.45. The smallest absolute Gasteiger partial charge is 0.250 e. The Labute approximate surface area is 190 Å². The van der Waals surface area contributed by atoms with Crippen LogP contribution in [0.1, 0.15) is 5.56 Å². The molecule has 1 amide bonds. The Morgan fingerprint density at radius 1 is 1.15 bits per heavy atom. The van der Waals surface area contributed by atoms with Gasteiger partial charge in [0.15, 0.2) is 5.82 Å². The zero-order valence-electron chi connectivity index (χ0n) is 18.8. The van der Waals surface area contributed by atoms with E-state index >= 15 is 4.39 Å². The summed E-state index contributed by atoms with van der Waals surface area (Å²) in [5, 5.41) is 3.13. The molecule has 0 aliphatic carbocycles. The number of rotatable bonds is 6. The minimum atomic E-state index is -0.584. The van der Waals surface area contributed by atoms with Crippen LogP contribution in [0.15, 0.2) is 55.0 Å². The number of hydrogen-bond donors (Lipinski definition) is 1. The number of halogens is 2. The van der Waals surface area contributed by atoms with E-state index in [1.807, 2.05) is 25.9 Å². The van der Waals surface area contributed by atoms with Gasteiger partial charge in [-0.3, -0.25) is 9.20 Å². The highest BCUT2D eigenvalue weighted by atomic mass is 19.1. The van der Waals surface area contributed by atoms with Crippen LogP contribution >= 0.6 is 0 Å². The Balaban J connectivity index is 1.76. The van der Waals surface area contributed by atoms with E-state index in [2.05, 4.69) is 15.3 Å². The predicted molar refractivity (Wildman–Crippen MR) is 126 cm³/mol. The standard InChI is InChI=1S/C24H24F2N6O/c1-15-7-8-16(25)10-18(15)28-24-22-13-27-14-32(22)21-12-20(17(26)11-19(21)29-24)31(4)23(33)6-5-9-30(2)3/h5-8,10-14H,9H2,1-4H3,(H,28,29). The number of amides is 1. The molecule has 2 aromatic heterocycles. The SMILES string of the molecule is Cc1ccc(F)cc1Nc1nc2cc(F)c(N(C)C(=O)C=CCN(C)C)cc2n2cncc12. The molecule has 0 unspecified atom stereocenters. The average Bonchev–Trinajstić information content (AvgIpc) is 3.25. The lowest BCUT2D eigenvalue weighted by atomic mass is 10.2. The third-order valence-electron chi connectivity index (χ3n) is 5.29. The van der Waals surface area contributed by atoms with E-state index in [-0.39, 0.29) is 17.4 Å². The zero-order chi connectivity index (χ0) is 23.7. The van der Waals surface area contributed by atoms with Gasteiger partial charge in [-0.25, -0.2) is 18.7 Å². The Morgan fingerprint density at radius 2 is 1.94 bits per heavy atom. The molecule has 0 saturated heterocycles. The first kappa shape index (κ1) is 22.3. The molecule has 170 valence electrons. The number of fused-ring (bicyclic) bond motifs is 3. The van der Waals surface area contributed by atoms with Crippen molar-refractivity contribution in [3.63, 3.8) is 0 Å². The topological polar surface area (TPSA) is 65.8 Å². The first-order valence-electron chi connectivity index (χ1n) is 10.3. The van der Waals surface area contributed by atoms with Crippen molar-refractivity contribution < 1.29 is 13.6 Å². The molecule has 0 fully saturated rings. The molecular formula is C24H24F2N6O. The van der Waals surface area contributed by atoms with E-state index in [1.165, 1.54) is 36.2 Å². The van der Waals surface area contributed by atoms with Gasteiger partial charge in [0.05, 0.1) is 29.2 Å². The van der Waals surface area contributed by atoms with Crippen LogP contribution in [0, 0.1) is 18.6 Å². The summed E-state index contributed by atoms with van der Waals surface area (Å²) < 4.78 is 30.5. The summed E-state index contributed by atoms with van der Waals surface area (Å²) in [4.78, 5) is 24.5. The predicted octanol–water partition coefficient (Wildman–Crippen LogP) is 4.29. The summed E-state index contributed by atoms with van der Waals surface area (Å²) >= 11 is 0. The highest BCUT2D eigenvalue weighted by molar-refractivity contribution is 6.02. The molecule has 0 spiro atoms. The van der Waals surface area contributed by atoms with Gasteiger partial charge >= 0.3 is 0 Å². The largest absolute Gasteiger partial charge is 0.338 e. The molecule has 9 heteroatoms. The van der Waals surface area contributed by atoms with Gasteiger partial charge in [-0.1, -0.05) is 12.1 Å². The monoisotopic (exact) mass is 450 g/mol. The lowest BCUT2D eigenvalue weighted by Crippen LogP contribution is -2.25. The Hall–Kier alpha value is -3.85. The summed E-state index contributed by atoms with van der Waals surface area (Å²) in [5.41, 5.74) is 3.08. The number of likely N-dealkylation sites (N-methyl/N-ethyl adjacent to an activating group) is 2. The Morgan fingerprint density at radius 3 is 2.70 bits per heavy atom. The molecule has 4 aromatic rings. The van der Waals surface area contributed by atoms with Crippen LogP contribution in [0.2, 0.25) is 0 Å². The van der Waals surface area contributed by atoms with Gasteiger partial charge in [-0.2, -0.15) is 0 Å². The maximum Gasteiger partial charge on any atom is 0.250 e. The average molecular weight is 450 g/mol. The van der Waals surface area contributed by atoms with Gasteiger partial charge in [0.1, 0.15) is 17.2 Å². The van der Waals surface area contributed by atoms with Crippen LogP contribution in [-0.4, -0.2) is 52.9 Å². The quantitative estimate of drug-likeness (QED) is 0.444. The fourth-order valence-corrected chi connectivity index (χ4v) is 3.46. The van der Waals surface area contributed by atoms with Gasteiger partial charge in [-0.15, -0.1) is 0 Å². The van der Waals surface area contributed by atoms with Crippen molar-refractivity contribution in [2.24, 2.45) is 0 Å². The zero-order valence-corrected chi connectivity index (χ0v) is 18.8. The number of benzene rings is 2. The Kier molecular flexibility index (Phi) is 6.06. The summed E-state index contributed by atoms with van der Waals surface area (Å²) in [7, 11) is 5.31.